The molecule has 0 unspecified atom stereocenters. The molecule has 2 aromatic carbocycles. The van der Waals surface area contributed by atoms with Crippen LogP contribution in [0.15, 0.2) is 42.5 Å². The van der Waals surface area contributed by atoms with E-state index in [0.29, 0.717) is 22.6 Å². The lowest BCUT2D eigenvalue weighted by Gasteiger charge is -2.09. The van der Waals surface area contributed by atoms with Crippen LogP contribution in [0.5, 0.6) is 0 Å². The number of rotatable bonds is 7. The van der Waals surface area contributed by atoms with Crippen molar-refractivity contribution in [3.63, 3.8) is 0 Å². The number of amides is 2. The second-order valence-electron chi connectivity index (χ2n) is 7.30. The van der Waals surface area contributed by atoms with Gasteiger partial charge in [0, 0.05) is 11.4 Å². The Morgan fingerprint density at radius 2 is 1.81 bits per heavy atom. The summed E-state index contributed by atoms with van der Waals surface area (Å²) in [7, 11) is 0. The standard InChI is InChI=1S/C23H25N5O4/c1-5-32-23(31)17-7-6-8-18(12-17)24-20(29)13-28-16(4)21(26-27-28)22(30)25-19-10-9-14(2)11-15(19)3/h6-12H,5,13H2,1-4H3,(H,24,29)(H,25,30). The van der Waals surface area contributed by atoms with E-state index in [9.17, 15) is 14.4 Å². The SMILES string of the molecule is CCOC(=O)c1cccc(NC(=O)Cn2nnc(C(=O)Nc3ccc(C)cc3C)c2C)c1. The summed E-state index contributed by atoms with van der Waals surface area (Å²) in [6.07, 6.45) is 0. The first-order chi connectivity index (χ1) is 15.3. The maximum absolute atomic E-state index is 12.6. The molecule has 0 atom stereocenters. The number of hydrogen-bond acceptors (Lipinski definition) is 6. The normalized spacial score (nSPS) is 10.5. The van der Waals surface area contributed by atoms with Crippen LogP contribution in [0.1, 0.15) is 44.6 Å². The first kappa shape index (κ1) is 22.7. The molecule has 32 heavy (non-hydrogen) atoms. The zero-order valence-electron chi connectivity index (χ0n) is 18.4. The van der Waals surface area contributed by atoms with Crippen molar-refractivity contribution in [2.75, 3.05) is 17.2 Å². The zero-order chi connectivity index (χ0) is 23.3. The van der Waals surface area contributed by atoms with Gasteiger partial charge in [-0.25, -0.2) is 9.48 Å². The fraction of sp³-hybridized carbons (Fsp3) is 0.261. The molecule has 0 fully saturated rings. The van der Waals surface area contributed by atoms with Crippen LogP contribution in [0, 0.1) is 20.8 Å². The highest BCUT2D eigenvalue weighted by Crippen LogP contribution is 2.18. The summed E-state index contributed by atoms with van der Waals surface area (Å²) in [6, 6.07) is 12.2. The van der Waals surface area contributed by atoms with Gasteiger partial charge in [0.1, 0.15) is 6.54 Å². The number of ether oxygens (including phenoxy) is 1. The van der Waals surface area contributed by atoms with Gasteiger partial charge in [-0.2, -0.15) is 0 Å². The highest BCUT2D eigenvalue weighted by Gasteiger charge is 2.19. The van der Waals surface area contributed by atoms with E-state index in [1.54, 1.807) is 32.0 Å². The van der Waals surface area contributed by atoms with Crippen molar-refractivity contribution in [2.45, 2.75) is 34.2 Å². The zero-order valence-corrected chi connectivity index (χ0v) is 18.4. The van der Waals surface area contributed by atoms with Crippen molar-refractivity contribution in [3.05, 3.63) is 70.5 Å². The molecule has 3 rings (SSSR count). The Kier molecular flexibility index (Phi) is 6.99. The molecule has 0 aliphatic rings. The van der Waals surface area contributed by atoms with Crippen molar-refractivity contribution in [1.29, 1.82) is 0 Å². The quantitative estimate of drug-likeness (QED) is 0.551. The van der Waals surface area contributed by atoms with Gasteiger partial charge in [0.2, 0.25) is 5.91 Å². The number of carbonyl (C=O) groups is 3. The van der Waals surface area contributed by atoms with Crippen LogP contribution in [0.4, 0.5) is 11.4 Å². The molecule has 2 amide bonds. The van der Waals surface area contributed by atoms with Gasteiger partial charge in [-0.1, -0.05) is 29.0 Å². The Bertz CT molecular complexity index is 1170. The summed E-state index contributed by atoms with van der Waals surface area (Å²) in [5.41, 5.74) is 4.12. The second-order valence-corrected chi connectivity index (χ2v) is 7.30. The van der Waals surface area contributed by atoms with Crippen LogP contribution in [0.2, 0.25) is 0 Å². The smallest absolute Gasteiger partial charge is 0.338 e. The van der Waals surface area contributed by atoms with Crippen LogP contribution in [-0.2, 0) is 16.1 Å². The van der Waals surface area contributed by atoms with Crippen LogP contribution in [0.25, 0.3) is 0 Å². The molecule has 0 aliphatic carbocycles. The fourth-order valence-electron chi connectivity index (χ4n) is 3.13. The van der Waals surface area contributed by atoms with Crippen LogP contribution < -0.4 is 10.6 Å². The van der Waals surface area contributed by atoms with E-state index in [0.717, 1.165) is 11.1 Å². The molecule has 166 valence electrons. The van der Waals surface area contributed by atoms with E-state index in [1.165, 1.54) is 10.7 Å². The van der Waals surface area contributed by atoms with Crippen LogP contribution in [-0.4, -0.2) is 39.4 Å². The monoisotopic (exact) mass is 435 g/mol. The van der Waals surface area contributed by atoms with E-state index in [-0.39, 0.29) is 24.8 Å². The lowest BCUT2D eigenvalue weighted by atomic mass is 10.1. The molecule has 0 spiro atoms. The minimum Gasteiger partial charge on any atom is -0.462 e. The van der Waals surface area contributed by atoms with Gasteiger partial charge in [0.15, 0.2) is 5.69 Å². The Morgan fingerprint density at radius 1 is 1.03 bits per heavy atom. The predicted molar refractivity (Wildman–Crippen MR) is 120 cm³/mol. The molecule has 9 heteroatoms. The number of aromatic nitrogens is 3. The highest BCUT2D eigenvalue weighted by molar-refractivity contribution is 6.04. The number of hydrogen-bond donors (Lipinski definition) is 2. The van der Waals surface area contributed by atoms with E-state index >= 15 is 0 Å². The summed E-state index contributed by atoms with van der Waals surface area (Å²) < 4.78 is 6.32. The maximum Gasteiger partial charge on any atom is 0.338 e. The van der Waals surface area contributed by atoms with E-state index in [4.69, 9.17) is 4.74 Å². The number of aryl methyl sites for hydroxylation is 2. The first-order valence-electron chi connectivity index (χ1n) is 10.1. The Hall–Kier alpha value is -4.01. The average molecular weight is 435 g/mol. The summed E-state index contributed by atoms with van der Waals surface area (Å²) in [5, 5.41) is 13.4. The van der Waals surface area contributed by atoms with Crippen molar-refractivity contribution in [1.82, 2.24) is 15.0 Å². The van der Waals surface area contributed by atoms with Gasteiger partial charge in [-0.05, 0) is 57.5 Å². The van der Waals surface area contributed by atoms with Gasteiger partial charge in [0.05, 0.1) is 17.9 Å². The molecule has 0 saturated carbocycles. The minimum atomic E-state index is -0.463. The Labute approximate surface area is 185 Å². The van der Waals surface area contributed by atoms with Crippen molar-refractivity contribution in [3.8, 4) is 0 Å². The number of anilines is 2. The lowest BCUT2D eigenvalue weighted by Crippen LogP contribution is -2.21. The van der Waals surface area contributed by atoms with Crippen molar-refractivity contribution < 1.29 is 19.1 Å². The fourth-order valence-corrected chi connectivity index (χ4v) is 3.13. The van der Waals surface area contributed by atoms with Gasteiger partial charge in [0.25, 0.3) is 5.91 Å². The van der Waals surface area contributed by atoms with Gasteiger partial charge < -0.3 is 15.4 Å². The van der Waals surface area contributed by atoms with Gasteiger partial charge in [-0.15, -0.1) is 5.10 Å². The molecule has 3 aromatic rings. The Balaban J connectivity index is 1.66. The topological polar surface area (TPSA) is 115 Å². The van der Waals surface area contributed by atoms with Gasteiger partial charge in [-0.3, -0.25) is 9.59 Å². The minimum absolute atomic E-state index is 0.140. The molecule has 0 radical (unpaired) electrons. The molecular formula is C23H25N5O4. The lowest BCUT2D eigenvalue weighted by molar-refractivity contribution is -0.117. The highest BCUT2D eigenvalue weighted by atomic mass is 16.5. The maximum atomic E-state index is 12.6. The molecule has 9 nitrogen and oxygen atoms in total. The first-order valence-corrected chi connectivity index (χ1v) is 10.1. The van der Waals surface area contributed by atoms with Crippen molar-refractivity contribution >= 4 is 29.2 Å². The average Bonchev–Trinajstić information content (AvgIpc) is 3.10. The Morgan fingerprint density at radius 3 is 2.53 bits per heavy atom. The number of esters is 1. The molecule has 0 saturated heterocycles. The van der Waals surface area contributed by atoms with E-state index in [1.807, 2.05) is 32.0 Å². The summed E-state index contributed by atoms with van der Waals surface area (Å²) >= 11 is 0. The second kappa shape index (κ2) is 9.86. The molecule has 2 N–H and O–H groups in total. The molecule has 1 heterocycles. The molecule has 0 aliphatic heterocycles. The third kappa shape index (κ3) is 5.37. The predicted octanol–water partition coefficient (Wildman–Crippen LogP) is 3.27. The number of nitrogens with one attached hydrogen (secondary N) is 2. The molecular weight excluding hydrogens is 410 g/mol. The number of benzene rings is 2. The van der Waals surface area contributed by atoms with E-state index in [2.05, 4.69) is 20.9 Å². The summed E-state index contributed by atoms with van der Waals surface area (Å²) in [4.78, 5) is 37.0. The number of nitrogens with zero attached hydrogens (tertiary/aromatic N) is 3. The van der Waals surface area contributed by atoms with Crippen molar-refractivity contribution in [2.24, 2.45) is 0 Å². The largest absolute Gasteiger partial charge is 0.462 e. The van der Waals surface area contributed by atoms with Gasteiger partial charge >= 0.3 is 5.97 Å². The summed E-state index contributed by atoms with van der Waals surface area (Å²) in [6.45, 7) is 7.41. The third-order valence-corrected chi connectivity index (χ3v) is 4.78. The molecule has 1 aromatic heterocycles. The number of carbonyl (C=O) groups excluding carboxylic acids is 3. The summed E-state index contributed by atoms with van der Waals surface area (Å²) in [5.74, 6) is -1.24. The van der Waals surface area contributed by atoms with E-state index < -0.39 is 11.9 Å². The molecule has 0 bridgehead atoms. The third-order valence-electron chi connectivity index (χ3n) is 4.78. The van der Waals surface area contributed by atoms with Crippen LogP contribution in [0.3, 0.4) is 0 Å². The van der Waals surface area contributed by atoms with Crippen LogP contribution >= 0.6 is 0 Å².